The van der Waals surface area contributed by atoms with Crippen LogP contribution < -0.4 is 0 Å². The fraction of sp³-hybridized carbons (Fsp3) is 0.133. The second kappa shape index (κ2) is 4.91. The van der Waals surface area contributed by atoms with Crippen LogP contribution >= 0.6 is 0 Å². The molecule has 0 aliphatic carbocycles. The topological polar surface area (TPSA) is 17.1 Å². The van der Waals surface area contributed by atoms with Gasteiger partial charge < -0.3 is 0 Å². The summed E-state index contributed by atoms with van der Waals surface area (Å²) in [5.74, 6) is -0.704. The lowest BCUT2D eigenvalue weighted by Crippen LogP contribution is -1.96. The zero-order valence-electron chi connectivity index (χ0n) is 9.48. The molecule has 1 radical (unpaired) electrons. The Hall–Kier alpha value is -1.96. The van der Waals surface area contributed by atoms with Crippen LogP contribution in [-0.4, -0.2) is 6.29 Å². The highest BCUT2D eigenvalue weighted by molar-refractivity contribution is 5.67. The molecule has 2 rings (SSSR count). The highest BCUT2D eigenvalue weighted by Crippen LogP contribution is 2.25. The lowest BCUT2D eigenvalue weighted by molar-refractivity contribution is 0.546. The van der Waals surface area contributed by atoms with Crippen LogP contribution in [0.1, 0.15) is 18.4 Å². The molecule has 0 saturated heterocycles. The summed E-state index contributed by atoms with van der Waals surface area (Å²) in [6.07, 6.45) is 1.85. The number of rotatable bonds is 3. The first-order valence-electron chi connectivity index (χ1n) is 5.45. The molecule has 2 aromatic carbocycles. The molecule has 1 unspecified atom stereocenters. The van der Waals surface area contributed by atoms with Crippen molar-refractivity contribution in [2.24, 2.45) is 0 Å². The first kappa shape index (κ1) is 11.5. The van der Waals surface area contributed by atoms with Gasteiger partial charge in [0, 0.05) is 11.5 Å². The third kappa shape index (κ3) is 2.41. The van der Waals surface area contributed by atoms with Crippen molar-refractivity contribution in [1.29, 1.82) is 0 Å². The molecule has 0 amide bonds. The van der Waals surface area contributed by atoms with E-state index >= 15 is 0 Å². The minimum Gasteiger partial charge on any atom is -0.290 e. The molecule has 1 atom stereocenters. The predicted molar refractivity (Wildman–Crippen MR) is 65.9 cm³/mol. The number of halogens is 1. The summed E-state index contributed by atoms with van der Waals surface area (Å²) in [5, 5.41) is 0. The molecule has 2 heteroatoms. The maximum Gasteiger partial charge on any atom is 0.206 e. The molecule has 0 N–H and O–H groups in total. The minimum absolute atomic E-state index is 0.309. The molecular formula is C15H12FO. The van der Waals surface area contributed by atoms with Crippen molar-refractivity contribution in [1.82, 2.24) is 0 Å². The van der Waals surface area contributed by atoms with E-state index in [4.69, 9.17) is 0 Å². The quantitative estimate of drug-likeness (QED) is 0.781. The van der Waals surface area contributed by atoms with Gasteiger partial charge in [0.25, 0.3) is 0 Å². The van der Waals surface area contributed by atoms with Gasteiger partial charge in [-0.25, -0.2) is 4.39 Å². The number of hydrogen-bond acceptors (Lipinski definition) is 1. The van der Waals surface area contributed by atoms with Crippen LogP contribution in [0.5, 0.6) is 0 Å². The van der Waals surface area contributed by atoms with Gasteiger partial charge in [0.15, 0.2) is 0 Å². The molecule has 0 bridgehead atoms. The summed E-state index contributed by atoms with van der Waals surface area (Å²) in [4.78, 5) is 10.5. The van der Waals surface area contributed by atoms with Gasteiger partial charge in [-0.15, -0.1) is 0 Å². The van der Waals surface area contributed by atoms with Gasteiger partial charge in [0.1, 0.15) is 5.82 Å². The number of hydrogen-bond donors (Lipinski definition) is 0. The largest absolute Gasteiger partial charge is 0.290 e. The van der Waals surface area contributed by atoms with Crippen LogP contribution in [0.4, 0.5) is 4.39 Å². The van der Waals surface area contributed by atoms with E-state index in [-0.39, 0.29) is 5.82 Å². The third-order valence-corrected chi connectivity index (χ3v) is 2.75. The van der Waals surface area contributed by atoms with E-state index in [0.29, 0.717) is 11.1 Å². The molecule has 0 heterocycles. The van der Waals surface area contributed by atoms with Gasteiger partial charge >= 0.3 is 0 Å². The fourth-order valence-electron chi connectivity index (χ4n) is 1.72. The Balaban J connectivity index is 2.42. The van der Waals surface area contributed by atoms with Crippen molar-refractivity contribution in [2.75, 3.05) is 0 Å². The Morgan fingerprint density at radius 1 is 1.12 bits per heavy atom. The van der Waals surface area contributed by atoms with Gasteiger partial charge in [-0.2, -0.15) is 0 Å². The van der Waals surface area contributed by atoms with E-state index in [2.05, 4.69) is 0 Å². The van der Waals surface area contributed by atoms with Crippen molar-refractivity contribution < 1.29 is 9.18 Å². The third-order valence-electron chi connectivity index (χ3n) is 2.75. The van der Waals surface area contributed by atoms with Gasteiger partial charge in [0.2, 0.25) is 6.29 Å². The lowest BCUT2D eigenvalue weighted by Gasteiger charge is -2.07. The van der Waals surface area contributed by atoms with Gasteiger partial charge in [0.05, 0.1) is 0 Å². The van der Waals surface area contributed by atoms with Crippen LogP contribution in [-0.2, 0) is 4.79 Å². The SMILES string of the molecule is CC([C]=O)c1ccc(-c2ccccc2)c(F)c1. The molecule has 0 aromatic heterocycles. The second-order valence-corrected chi connectivity index (χ2v) is 3.94. The van der Waals surface area contributed by atoms with E-state index in [0.717, 1.165) is 5.56 Å². The Labute approximate surface area is 99.9 Å². The maximum absolute atomic E-state index is 13.9. The first-order valence-corrected chi connectivity index (χ1v) is 5.45. The van der Waals surface area contributed by atoms with Crippen molar-refractivity contribution in [3.63, 3.8) is 0 Å². The zero-order chi connectivity index (χ0) is 12.3. The normalized spacial score (nSPS) is 12.1. The van der Waals surface area contributed by atoms with Crippen LogP contribution in [0.25, 0.3) is 11.1 Å². The highest BCUT2D eigenvalue weighted by atomic mass is 19.1. The predicted octanol–water partition coefficient (Wildman–Crippen LogP) is 3.71. The van der Waals surface area contributed by atoms with E-state index < -0.39 is 5.92 Å². The lowest BCUT2D eigenvalue weighted by atomic mass is 9.98. The molecule has 0 saturated carbocycles. The Bertz CT molecular complexity index is 520. The summed E-state index contributed by atoms with van der Waals surface area (Å²) < 4.78 is 13.9. The summed E-state index contributed by atoms with van der Waals surface area (Å²) in [6.45, 7) is 1.70. The second-order valence-electron chi connectivity index (χ2n) is 3.94. The maximum atomic E-state index is 13.9. The summed E-state index contributed by atoms with van der Waals surface area (Å²) in [7, 11) is 0. The van der Waals surface area contributed by atoms with E-state index in [1.165, 1.54) is 6.07 Å². The average Bonchev–Trinajstić information content (AvgIpc) is 2.38. The molecule has 0 fully saturated rings. The van der Waals surface area contributed by atoms with Crippen molar-refractivity contribution >= 4 is 6.29 Å². The van der Waals surface area contributed by atoms with Gasteiger partial charge in [-0.3, -0.25) is 4.79 Å². The molecular weight excluding hydrogens is 215 g/mol. The Kier molecular flexibility index (Phi) is 3.33. The van der Waals surface area contributed by atoms with Crippen molar-refractivity contribution in [3.05, 3.63) is 59.9 Å². The molecule has 85 valence electrons. The van der Waals surface area contributed by atoms with Crippen LogP contribution in [0.3, 0.4) is 0 Å². The molecule has 0 aliphatic heterocycles. The standard InChI is InChI=1S/C15H12FO/c1-11(10-17)13-7-8-14(15(16)9-13)12-5-3-2-4-6-12/h2-9,11H,1H3. The molecule has 0 spiro atoms. The highest BCUT2D eigenvalue weighted by Gasteiger charge is 2.09. The molecule has 2 aromatic rings. The first-order chi connectivity index (χ1) is 8.22. The zero-order valence-corrected chi connectivity index (χ0v) is 9.48. The Morgan fingerprint density at radius 3 is 2.41 bits per heavy atom. The van der Waals surface area contributed by atoms with Gasteiger partial charge in [-0.1, -0.05) is 49.4 Å². The monoisotopic (exact) mass is 227 g/mol. The molecule has 0 aliphatic rings. The summed E-state index contributed by atoms with van der Waals surface area (Å²) in [5.41, 5.74) is 2.03. The smallest absolute Gasteiger partial charge is 0.206 e. The summed E-state index contributed by atoms with van der Waals surface area (Å²) >= 11 is 0. The fourth-order valence-corrected chi connectivity index (χ4v) is 1.72. The number of carbonyl (C=O) groups excluding carboxylic acids is 1. The average molecular weight is 227 g/mol. The van der Waals surface area contributed by atoms with Gasteiger partial charge in [-0.05, 0) is 17.2 Å². The van der Waals surface area contributed by atoms with E-state index in [1.54, 1.807) is 19.1 Å². The number of benzene rings is 2. The van der Waals surface area contributed by atoms with E-state index in [9.17, 15) is 9.18 Å². The van der Waals surface area contributed by atoms with Crippen LogP contribution in [0, 0.1) is 5.82 Å². The van der Waals surface area contributed by atoms with Crippen molar-refractivity contribution in [3.8, 4) is 11.1 Å². The van der Waals surface area contributed by atoms with Crippen molar-refractivity contribution in [2.45, 2.75) is 12.8 Å². The Morgan fingerprint density at radius 2 is 1.82 bits per heavy atom. The summed E-state index contributed by atoms with van der Waals surface area (Å²) in [6, 6.07) is 14.2. The molecule has 17 heavy (non-hydrogen) atoms. The molecule has 1 nitrogen and oxygen atoms in total. The van der Waals surface area contributed by atoms with Crippen LogP contribution in [0.2, 0.25) is 0 Å². The minimum atomic E-state index is -0.394. The van der Waals surface area contributed by atoms with Crippen LogP contribution in [0.15, 0.2) is 48.5 Å². The van der Waals surface area contributed by atoms with E-state index in [1.807, 2.05) is 36.6 Å².